The number of hydrogen-bond donors (Lipinski definition) is 0. The maximum absolute atomic E-state index is 13.0. The average molecular weight is 499 g/mol. The quantitative estimate of drug-likeness (QED) is 0.560. The summed E-state index contributed by atoms with van der Waals surface area (Å²) in [6, 6.07) is 4.72. The zero-order valence-corrected chi connectivity index (χ0v) is 20.8. The van der Waals surface area contributed by atoms with Crippen LogP contribution in [0.25, 0.3) is 0 Å². The zero-order chi connectivity index (χ0) is 24.2. The number of amides is 3. The van der Waals surface area contributed by atoms with Crippen LogP contribution in [-0.4, -0.2) is 98.6 Å². The highest BCUT2D eigenvalue weighted by Gasteiger charge is 2.32. The van der Waals surface area contributed by atoms with E-state index in [9.17, 15) is 22.8 Å². The number of hydrogen-bond acceptors (Lipinski definition) is 7. The molecule has 2 heterocycles. The Morgan fingerprint density at radius 1 is 1.06 bits per heavy atom. The van der Waals surface area contributed by atoms with Crippen LogP contribution in [0.2, 0.25) is 0 Å². The first-order chi connectivity index (χ1) is 15.7. The molecule has 182 valence electrons. The van der Waals surface area contributed by atoms with Gasteiger partial charge in [-0.25, -0.2) is 13.2 Å². The van der Waals surface area contributed by atoms with Crippen LogP contribution < -0.4 is 4.90 Å². The number of piperazine rings is 1. The van der Waals surface area contributed by atoms with Gasteiger partial charge in [-0.15, -0.1) is 11.8 Å². The number of anilines is 1. The van der Waals surface area contributed by atoms with Crippen LogP contribution in [0, 0.1) is 0 Å². The number of carbonyl (C=O) groups is 3. The van der Waals surface area contributed by atoms with Crippen molar-refractivity contribution in [2.75, 3.05) is 63.1 Å². The zero-order valence-electron chi connectivity index (χ0n) is 19.2. The molecule has 10 nitrogen and oxygen atoms in total. The molecule has 1 fully saturated rings. The van der Waals surface area contributed by atoms with Gasteiger partial charge in [0.1, 0.15) is 6.54 Å². The summed E-state index contributed by atoms with van der Waals surface area (Å²) < 4.78 is 32.3. The number of rotatable bonds is 7. The molecule has 1 saturated heterocycles. The second-order valence-corrected chi connectivity index (χ2v) is 10.5. The van der Waals surface area contributed by atoms with Crippen LogP contribution in [0.4, 0.5) is 10.5 Å². The summed E-state index contributed by atoms with van der Waals surface area (Å²) in [4.78, 5) is 42.9. The van der Waals surface area contributed by atoms with Crippen LogP contribution in [0.1, 0.15) is 20.8 Å². The molecule has 3 amide bonds. The summed E-state index contributed by atoms with van der Waals surface area (Å²) in [5.74, 6) is -0.316. The fourth-order valence-corrected chi connectivity index (χ4v) is 6.21. The average Bonchev–Trinajstić information content (AvgIpc) is 2.81. The first-order valence-electron chi connectivity index (χ1n) is 11.0. The van der Waals surface area contributed by atoms with Gasteiger partial charge in [0.25, 0.3) is 0 Å². The summed E-state index contributed by atoms with van der Waals surface area (Å²) in [5, 5.41) is 0. The van der Waals surface area contributed by atoms with Crippen LogP contribution in [0.15, 0.2) is 28.0 Å². The molecule has 0 aromatic heterocycles. The van der Waals surface area contributed by atoms with E-state index in [2.05, 4.69) is 0 Å². The predicted molar refractivity (Wildman–Crippen MR) is 125 cm³/mol. The third-order valence-electron chi connectivity index (χ3n) is 5.67. The highest BCUT2D eigenvalue weighted by Crippen LogP contribution is 2.37. The van der Waals surface area contributed by atoms with Crippen molar-refractivity contribution >= 4 is 45.4 Å². The number of fused-ring (bicyclic) bond motifs is 1. The van der Waals surface area contributed by atoms with Crippen molar-refractivity contribution in [3.05, 3.63) is 18.2 Å². The fraction of sp³-hybridized carbons (Fsp3) is 0.571. The van der Waals surface area contributed by atoms with Crippen molar-refractivity contribution in [2.45, 2.75) is 30.6 Å². The lowest BCUT2D eigenvalue weighted by atomic mass is 10.2. The Kier molecular flexibility index (Phi) is 8.24. The van der Waals surface area contributed by atoms with E-state index in [1.165, 1.54) is 27.0 Å². The molecule has 0 aliphatic carbocycles. The second-order valence-electron chi connectivity index (χ2n) is 7.55. The first-order valence-corrected chi connectivity index (χ1v) is 13.4. The maximum atomic E-state index is 13.0. The van der Waals surface area contributed by atoms with E-state index in [4.69, 9.17) is 4.74 Å². The van der Waals surface area contributed by atoms with Crippen molar-refractivity contribution in [1.82, 2.24) is 14.1 Å². The van der Waals surface area contributed by atoms with Gasteiger partial charge in [-0.2, -0.15) is 4.31 Å². The minimum atomic E-state index is -3.70. The lowest BCUT2D eigenvalue weighted by Gasteiger charge is -2.36. The SMILES string of the molecule is CCOC(=O)N1CCN(C(=O)CN2C(=O)CSc3ccc(S(=O)(=O)N(CC)CC)cc32)CC1. The maximum Gasteiger partial charge on any atom is 0.409 e. The van der Waals surface area contributed by atoms with Crippen LogP contribution >= 0.6 is 11.8 Å². The Balaban J connectivity index is 1.77. The van der Waals surface area contributed by atoms with Crippen molar-refractivity contribution in [3.63, 3.8) is 0 Å². The Labute approximate surface area is 198 Å². The normalized spacial score (nSPS) is 16.7. The Bertz CT molecular complexity index is 1000. The molecule has 33 heavy (non-hydrogen) atoms. The minimum absolute atomic E-state index is 0.0979. The van der Waals surface area contributed by atoms with Crippen molar-refractivity contribution in [1.29, 1.82) is 0 Å². The van der Waals surface area contributed by atoms with Crippen molar-refractivity contribution < 1.29 is 27.5 Å². The van der Waals surface area contributed by atoms with Gasteiger partial charge < -0.3 is 19.4 Å². The summed E-state index contributed by atoms with van der Waals surface area (Å²) in [6.07, 6.45) is -0.399. The molecule has 0 unspecified atom stereocenters. The topological polar surface area (TPSA) is 108 Å². The lowest BCUT2D eigenvalue weighted by molar-refractivity contribution is -0.132. The summed E-state index contributed by atoms with van der Waals surface area (Å²) in [7, 11) is -3.70. The van der Waals surface area contributed by atoms with Gasteiger partial charge in [0, 0.05) is 44.2 Å². The van der Waals surface area contributed by atoms with E-state index in [1.54, 1.807) is 42.7 Å². The fourth-order valence-electron chi connectivity index (χ4n) is 3.82. The monoisotopic (exact) mass is 498 g/mol. The Hall–Kier alpha value is -2.31. The second kappa shape index (κ2) is 10.7. The third kappa shape index (κ3) is 5.44. The van der Waals surface area contributed by atoms with E-state index >= 15 is 0 Å². The van der Waals surface area contributed by atoms with Gasteiger partial charge in [0.05, 0.1) is 22.9 Å². The van der Waals surface area contributed by atoms with E-state index in [0.717, 1.165) is 4.90 Å². The minimum Gasteiger partial charge on any atom is -0.450 e. The van der Waals surface area contributed by atoms with E-state index in [-0.39, 0.29) is 29.0 Å². The molecule has 1 aromatic carbocycles. The van der Waals surface area contributed by atoms with Gasteiger partial charge >= 0.3 is 6.09 Å². The van der Waals surface area contributed by atoms with Crippen LogP contribution in [-0.2, 0) is 24.3 Å². The molecular weight excluding hydrogens is 468 g/mol. The number of sulfonamides is 1. The number of carbonyl (C=O) groups excluding carboxylic acids is 3. The highest BCUT2D eigenvalue weighted by molar-refractivity contribution is 8.00. The molecule has 12 heteroatoms. The largest absolute Gasteiger partial charge is 0.450 e. The molecule has 2 aliphatic rings. The van der Waals surface area contributed by atoms with E-state index < -0.39 is 16.1 Å². The molecule has 3 rings (SSSR count). The Morgan fingerprint density at radius 3 is 2.30 bits per heavy atom. The summed E-state index contributed by atoms with van der Waals surface area (Å²) >= 11 is 1.33. The number of thioether (sulfide) groups is 1. The molecule has 0 N–H and O–H groups in total. The molecule has 1 aromatic rings. The molecule has 0 spiro atoms. The van der Waals surface area contributed by atoms with Gasteiger partial charge in [-0.05, 0) is 25.1 Å². The van der Waals surface area contributed by atoms with Gasteiger partial charge in [0.2, 0.25) is 21.8 Å². The molecule has 0 atom stereocenters. The molecular formula is C21H30N4O6S2. The number of benzene rings is 1. The van der Waals surface area contributed by atoms with E-state index in [0.29, 0.717) is 51.6 Å². The molecule has 0 bridgehead atoms. The van der Waals surface area contributed by atoms with Gasteiger partial charge in [-0.3, -0.25) is 9.59 Å². The first kappa shape index (κ1) is 25.3. The predicted octanol–water partition coefficient (Wildman–Crippen LogP) is 1.46. The lowest BCUT2D eigenvalue weighted by Crippen LogP contribution is -2.53. The molecule has 0 saturated carbocycles. The van der Waals surface area contributed by atoms with Crippen LogP contribution in [0.3, 0.4) is 0 Å². The summed E-state index contributed by atoms with van der Waals surface area (Å²) in [6.45, 7) is 7.47. The van der Waals surface area contributed by atoms with Gasteiger partial charge in [-0.1, -0.05) is 13.8 Å². The summed E-state index contributed by atoms with van der Waals surface area (Å²) in [5.41, 5.74) is 0.433. The molecule has 0 radical (unpaired) electrons. The number of nitrogens with zero attached hydrogens (tertiary/aromatic N) is 4. The van der Waals surface area contributed by atoms with E-state index in [1.807, 2.05) is 0 Å². The smallest absolute Gasteiger partial charge is 0.409 e. The molecule has 2 aliphatic heterocycles. The highest BCUT2D eigenvalue weighted by atomic mass is 32.2. The van der Waals surface area contributed by atoms with Crippen molar-refractivity contribution in [3.8, 4) is 0 Å². The van der Waals surface area contributed by atoms with Crippen LogP contribution in [0.5, 0.6) is 0 Å². The number of ether oxygens (including phenoxy) is 1. The van der Waals surface area contributed by atoms with Gasteiger partial charge in [0.15, 0.2) is 0 Å². The standard InChI is InChI=1S/C21H30N4O6S2/c1-4-24(5-2)33(29,30)16-7-8-18-17(13-16)25(20(27)15-32-18)14-19(26)22-9-11-23(12-10-22)21(28)31-6-3/h7-8,13H,4-6,9-12,14-15H2,1-3H3. The van der Waals surface area contributed by atoms with Crippen molar-refractivity contribution in [2.24, 2.45) is 0 Å². The third-order valence-corrected chi connectivity index (χ3v) is 8.76. The Morgan fingerprint density at radius 2 is 1.70 bits per heavy atom.